The van der Waals surface area contributed by atoms with Gasteiger partial charge < -0.3 is 10.7 Å². The molecule has 0 aliphatic heterocycles. The zero-order valence-electron chi connectivity index (χ0n) is 10.8. The van der Waals surface area contributed by atoms with Crippen molar-refractivity contribution < 1.29 is 13.2 Å². The zero-order chi connectivity index (χ0) is 15.0. The van der Waals surface area contributed by atoms with E-state index in [9.17, 15) is 13.2 Å². The number of nitrogens with zero attached hydrogens (tertiary/aromatic N) is 2. The van der Waals surface area contributed by atoms with Crippen LogP contribution < -0.4 is 5.73 Å². The number of fused-ring (bicyclic) bond motifs is 1. The van der Waals surface area contributed by atoms with Gasteiger partial charge in [-0.05, 0) is 17.7 Å². The Bertz CT molecular complexity index is 792. The summed E-state index contributed by atoms with van der Waals surface area (Å²) in [5.41, 5.74) is 6.12. The molecule has 7 heteroatoms. The number of benzene rings is 1. The molecule has 0 radical (unpaired) electrons. The Morgan fingerprint density at radius 2 is 1.95 bits per heavy atom. The number of nitrogens with one attached hydrogen (secondary N) is 1. The summed E-state index contributed by atoms with van der Waals surface area (Å²) >= 11 is 0. The minimum Gasteiger partial charge on any atom is -0.346 e. The van der Waals surface area contributed by atoms with Gasteiger partial charge in [-0.15, -0.1) is 0 Å². The molecule has 4 nitrogen and oxygen atoms in total. The summed E-state index contributed by atoms with van der Waals surface area (Å²) in [6.45, 7) is -0.168. The highest BCUT2D eigenvalue weighted by Crippen LogP contribution is 2.35. The number of rotatable bonds is 2. The first kappa shape index (κ1) is 13.6. The van der Waals surface area contributed by atoms with Crippen molar-refractivity contribution in [1.82, 2.24) is 15.0 Å². The minimum absolute atomic E-state index is 0.0608. The fourth-order valence-electron chi connectivity index (χ4n) is 2.27. The van der Waals surface area contributed by atoms with Crippen molar-refractivity contribution in [2.24, 2.45) is 5.73 Å². The van der Waals surface area contributed by atoms with Crippen LogP contribution in [0.3, 0.4) is 0 Å². The number of aromatic amines is 1. The molecule has 0 aliphatic carbocycles. The Morgan fingerprint density at radius 1 is 1.14 bits per heavy atom. The molecule has 0 unspecified atom stereocenters. The van der Waals surface area contributed by atoms with Crippen LogP contribution in [0.1, 0.15) is 11.1 Å². The molecule has 1 aromatic carbocycles. The van der Waals surface area contributed by atoms with E-state index in [4.69, 9.17) is 5.73 Å². The molecule has 21 heavy (non-hydrogen) atoms. The highest BCUT2D eigenvalue weighted by atomic mass is 19.4. The van der Waals surface area contributed by atoms with Crippen LogP contribution in [-0.2, 0) is 12.7 Å². The van der Waals surface area contributed by atoms with E-state index in [-0.39, 0.29) is 12.1 Å². The summed E-state index contributed by atoms with van der Waals surface area (Å²) in [7, 11) is 0. The van der Waals surface area contributed by atoms with E-state index >= 15 is 0 Å². The molecule has 2 aromatic heterocycles. The maximum Gasteiger partial charge on any atom is 0.416 e. The van der Waals surface area contributed by atoms with Crippen molar-refractivity contribution in [3.8, 4) is 11.3 Å². The lowest BCUT2D eigenvalue weighted by atomic mass is 10.0. The molecule has 3 N–H and O–H groups in total. The minimum atomic E-state index is -4.45. The SMILES string of the molecule is NCc1ccc(-c2ncnc3[nH]ccc23)cc1C(F)(F)F. The summed E-state index contributed by atoms with van der Waals surface area (Å²) < 4.78 is 39.3. The van der Waals surface area contributed by atoms with E-state index < -0.39 is 11.7 Å². The van der Waals surface area contributed by atoms with Crippen LogP contribution in [-0.4, -0.2) is 15.0 Å². The predicted octanol–water partition coefficient (Wildman–Crippen LogP) is 3.10. The molecule has 108 valence electrons. The predicted molar refractivity (Wildman–Crippen MR) is 72.2 cm³/mol. The zero-order valence-corrected chi connectivity index (χ0v) is 10.8. The lowest BCUT2D eigenvalue weighted by Gasteiger charge is -2.13. The van der Waals surface area contributed by atoms with Gasteiger partial charge in [0, 0.05) is 23.7 Å². The molecular weight excluding hydrogens is 281 g/mol. The van der Waals surface area contributed by atoms with E-state index in [0.29, 0.717) is 22.3 Å². The van der Waals surface area contributed by atoms with Gasteiger partial charge in [-0.1, -0.05) is 12.1 Å². The number of aromatic nitrogens is 3. The molecule has 0 saturated heterocycles. The van der Waals surface area contributed by atoms with Gasteiger partial charge in [0.15, 0.2) is 0 Å². The number of hydrogen-bond donors (Lipinski definition) is 2. The van der Waals surface area contributed by atoms with Gasteiger partial charge in [-0.3, -0.25) is 0 Å². The summed E-state index contributed by atoms with van der Waals surface area (Å²) in [4.78, 5) is 11.0. The number of H-pyrrole nitrogens is 1. The summed E-state index contributed by atoms with van der Waals surface area (Å²) in [5, 5.41) is 0.672. The Hall–Kier alpha value is -2.41. The van der Waals surface area contributed by atoms with Crippen LogP contribution in [0.4, 0.5) is 13.2 Å². The van der Waals surface area contributed by atoms with E-state index in [1.165, 1.54) is 12.4 Å². The maximum absolute atomic E-state index is 13.1. The molecule has 0 bridgehead atoms. The largest absolute Gasteiger partial charge is 0.416 e. The van der Waals surface area contributed by atoms with E-state index in [1.54, 1.807) is 18.3 Å². The van der Waals surface area contributed by atoms with Crippen molar-refractivity contribution in [3.05, 3.63) is 47.9 Å². The summed E-state index contributed by atoms with van der Waals surface area (Å²) in [5.74, 6) is 0. The molecule has 0 aliphatic rings. The van der Waals surface area contributed by atoms with E-state index in [1.807, 2.05) is 0 Å². The van der Waals surface area contributed by atoms with Gasteiger partial charge >= 0.3 is 6.18 Å². The lowest BCUT2D eigenvalue weighted by Crippen LogP contribution is -2.12. The molecular formula is C14H11F3N4. The third kappa shape index (κ3) is 2.36. The van der Waals surface area contributed by atoms with Crippen molar-refractivity contribution in [2.75, 3.05) is 0 Å². The summed E-state index contributed by atoms with van der Waals surface area (Å²) in [6.07, 6.45) is -1.46. The monoisotopic (exact) mass is 292 g/mol. The van der Waals surface area contributed by atoms with Gasteiger partial charge in [0.05, 0.1) is 11.3 Å². The Kier molecular flexibility index (Phi) is 3.13. The van der Waals surface area contributed by atoms with E-state index in [0.717, 1.165) is 6.07 Å². The number of alkyl halides is 3. The molecule has 0 spiro atoms. The number of hydrogen-bond acceptors (Lipinski definition) is 3. The van der Waals surface area contributed by atoms with Crippen LogP contribution in [0.15, 0.2) is 36.8 Å². The van der Waals surface area contributed by atoms with Crippen molar-refractivity contribution in [3.63, 3.8) is 0 Å². The maximum atomic E-state index is 13.1. The highest BCUT2D eigenvalue weighted by Gasteiger charge is 2.33. The fraction of sp³-hybridized carbons (Fsp3) is 0.143. The fourth-order valence-corrected chi connectivity index (χ4v) is 2.27. The van der Waals surface area contributed by atoms with Gasteiger partial charge in [0.2, 0.25) is 0 Å². The molecule has 0 atom stereocenters. The Labute approximate surface area is 117 Å². The first-order valence-corrected chi connectivity index (χ1v) is 6.19. The molecule has 0 fully saturated rings. The highest BCUT2D eigenvalue weighted by molar-refractivity contribution is 5.90. The van der Waals surface area contributed by atoms with Crippen molar-refractivity contribution in [2.45, 2.75) is 12.7 Å². The lowest BCUT2D eigenvalue weighted by molar-refractivity contribution is -0.138. The second-order valence-electron chi connectivity index (χ2n) is 4.54. The normalized spacial score (nSPS) is 12.0. The van der Waals surface area contributed by atoms with Crippen LogP contribution in [0, 0.1) is 0 Å². The third-order valence-electron chi connectivity index (χ3n) is 3.26. The van der Waals surface area contributed by atoms with Gasteiger partial charge in [-0.25, -0.2) is 9.97 Å². The first-order valence-electron chi connectivity index (χ1n) is 6.19. The Morgan fingerprint density at radius 3 is 2.67 bits per heavy atom. The van der Waals surface area contributed by atoms with Crippen molar-refractivity contribution >= 4 is 11.0 Å². The van der Waals surface area contributed by atoms with Crippen LogP contribution >= 0.6 is 0 Å². The molecule has 2 heterocycles. The molecule has 3 aromatic rings. The molecule has 0 saturated carbocycles. The van der Waals surface area contributed by atoms with Gasteiger partial charge in [0.25, 0.3) is 0 Å². The average Bonchev–Trinajstić information content (AvgIpc) is 2.94. The van der Waals surface area contributed by atoms with Crippen LogP contribution in [0.25, 0.3) is 22.3 Å². The topological polar surface area (TPSA) is 67.6 Å². The van der Waals surface area contributed by atoms with Gasteiger partial charge in [-0.2, -0.15) is 13.2 Å². The number of halogens is 3. The average molecular weight is 292 g/mol. The number of nitrogens with two attached hydrogens (primary N) is 1. The van der Waals surface area contributed by atoms with Gasteiger partial charge in [0.1, 0.15) is 12.0 Å². The second kappa shape index (κ2) is 4.85. The van der Waals surface area contributed by atoms with Crippen LogP contribution in [0.5, 0.6) is 0 Å². The molecule has 0 amide bonds. The standard InChI is InChI=1S/C14H11F3N4/c15-14(16,17)11-5-8(1-2-9(11)6-18)12-10-3-4-19-13(10)21-7-20-12/h1-5,7H,6,18H2,(H,19,20,21). The molecule has 3 rings (SSSR count). The third-order valence-corrected chi connectivity index (χ3v) is 3.26. The van der Waals surface area contributed by atoms with Crippen LogP contribution in [0.2, 0.25) is 0 Å². The Balaban J connectivity index is 2.22. The quantitative estimate of drug-likeness (QED) is 0.762. The summed E-state index contributed by atoms with van der Waals surface area (Å²) in [6, 6.07) is 5.79. The van der Waals surface area contributed by atoms with E-state index in [2.05, 4.69) is 15.0 Å². The smallest absolute Gasteiger partial charge is 0.346 e. The second-order valence-corrected chi connectivity index (χ2v) is 4.54. The first-order chi connectivity index (χ1) is 10.0. The van der Waals surface area contributed by atoms with Crippen molar-refractivity contribution in [1.29, 1.82) is 0 Å².